The lowest BCUT2D eigenvalue weighted by Gasteiger charge is -2.22. The van der Waals surface area contributed by atoms with Crippen LogP contribution in [0.1, 0.15) is 52.0 Å². The van der Waals surface area contributed by atoms with Crippen molar-refractivity contribution in [3.05, 3.63) is 28.8 Å². The van der Waals surface area contributed by atoms with Crippen molar-refractivity contribution < 1.29 is 0 Å². The van der Waals surface area contributed by atoms with Crippen LogP contribution < -0.4 is 5.32 Å². The minimum Gasteiger partial charge on any atom is -0.308 e. The molecule has 0 atom stereocenters. The molecule has 1 fully saturated rings. The molecule has 0 radical (unpaired) electrons. The molecule has 106 valence electrons. The first-order chi connectivity index (χ1) is 8.94. The number of halogens is 1. The van der Waals surface area contributed by atoms with Crippen LogP contribution in [0.5, 0.6) is 0 Å². The van der Waals surface area contributed by atoms with Crippen LogP contribution in [0, 0.1) is 0 Å². The van der Waals surface area contributed by atoms with Gasteiger partial charge >= 0.3 is 0 Å². The average molecular weight is 298 g/mol. The molecule has 0 aliphatic heterocycles. The molecule has 0 saturated heterocycles. The van der Waals surface area contributed by atoms with E-state index in [2.05, 4.69) is 38.2 Å². The highest BCUT2D eigenvalue weighted by molar-refractivity contribution is 8.00. The first-order valence-corrected chi connectivity index (χ1v) is 8.40. The van der Waals surface area contributed by atoms with Gasteiger partial charge in [0.15, 0.2) is 0 Å². The predicted octanol–water partition coefficient (Wildman–Crippen LogP) is 5.26. The third-order valence-corrected chi connectivity index (χ3v) is 5.11. The molecule has 1 aliphatic carbocycles. The lowest BCUT2D eigenvalue weighted by Crippen LogP contribution is -2.35. The average Bonchev–Trinajstić information content (AvgIpc) is 2.79. The third kappa shape index (κ3) is 5.02. The van der Waals surface area contributed by atoms with Crippen molar-refractivity contribution in [2.75, 3.05) is 0 Å². The van der Waals surface area contributed by atoms with Gasteiger partial charge in [-0.1, -0.05) is 30.5 Å². The van der Waals surface area contributed by atoms with Crippen LogP contribution in [-0.2, 0) is 6.54 Å². The Balaban J connectivity index is 2.08. The van der Waals surface area contributed by atoms with Crippen LogP contribution in [0.4, 0.5) is 0 Å². The van der Waals surface area contributed by atoms with Gasteiger partial charge < -0.3 is 5.32 Å². The van der Waals surface area contributed by atoms with E-state index in [9.17, 15) is 0 Å². The summed E-state index contributed by atoms with van der Waals surface area (Å²) < 4.78 is 0. The van der Waals surface area contributed by atoms with Gasteiger partial charge in [0.2, 0.25) is 0 Å². The highest BCUT2D eigenvalue weighted by Gasteiger charge is 2.18. The van der Waals surface area contributed by atoms with Crippen molar-refractivity contribution in [3.63, 3.8) is 0 Å². The summed E-state index contributed by atoms with van der Waals surface area (Å²) in [7, 11) is 0. The molecule has 1 nitrogen and oxygen atoms in total. The molecule has 3 heteroatoms. The van der Waals surface area contributed by atoms with Gasteiger partial charge in [0.25, 0.3) is 0 Å². The van der Waals surface area contributed by atoms with E-state index in [1.165, 1.54) is 36.1 Å². The van der Waals surface area contributed by atoms with Crippen molar-refractivity contribution >= 4 is 23.4 Å². The van der Waals surface area contributed by atoms with Gasteiger partial charge in [-0.05, 0) is 51.3 Å². The lowest BCUT2D eigenvalue weighted by atomic mass is 10.1. The van der Waals surface area contributed by atoms with Gasteiger partial charge in [-0.2, -0.15) is 0 Å². The number of hydrogen-bond acceptors (Lipinski definition) is 2. The summed E-state index contributed by atoms with van der Waals surface area (Å²) >= 11 is 8.18. The summed E-state index contributed by atoms with van der Waals surface area (Å²) in [5.74, 6) is 0. The number of hydrogen-bond donors (Lipinski definition) is 1. The van der Waals surface area contributed by atoms with Crippen LogP contribution in [0.25, 0.3) is 0 Å². The van der Waals surface area contributed by atoms with Crippen molar-refractivity contribution in [2.24, 2.45) is 0 Å². The van der Waals surface area contributed by atoms with Gasteiger partial charge in [0.1, 0.15) is 0 Å². The summed E-state index contributed by atoms with van der Waals surface area (Å²) in [5, 5.41) is 5.20. The van der Waals surface area contributed by atoms with Crippen LogP contribution in [-0.4, -0.2) is 10.8 Å². The zero-order chi connectivity index (χ0) is 13.9. The van der Waals surface area contributed by atoms with E-state index < -0.39 is 0 Å². The van der Waals surface area contributed by atoms with Crippen LogP contribution in [0.3, 0.4) is 0 Å². The summed E-state index contributed by atoms with van der Waals surface area (Å²) in [6.07, 6.45) is 5.47. The second kappa shape index (κ2) is 6.51. The largest absolute Gasteiger partial charge is 0.308 e. The van der Waals surface area contributed by atoms with Gasteiger partial charge in [0.05, 0.1) is 0 Å². The zero-order valence-corrected chi connectivity index (χ0v) is 13.7. The first-order valence-electron chi connectivity index (χ1n) is 7.14. The molecule has 0 aromatic heterocycles. The molecular weight excluding hydrogens is 274 g/mol. The Morgan fingerprint density at radius 3 is 2.58 bits per heavy atom. The Morgan fingerprint density at radius 1 is 1.26 bits per heavy atom. The van der Waals surface area contributed by atoms with Crippen molar-refractivity contribution in [2.45, 2.75) is 68.7 Å². The molecular formula is C16H24ClNS. The number of benzene rings is 1. The van der Waals surface area contributed by atoms with Crippen molar-refractivity contribution in [3.8, 4) is 0 Å². The van der Waals surface area contributed by atoms with Crippen LogP contribution in [0.15, 0.2) is 23.1 Å². The van der Waals surface area contributed by atoms with Crippen LogP contribution in [0.2, 0.25) is 5.02 Å². The normalized spacial score (nSPS) is 17.1. The molecule has 0 bridgehead atoms. The third-order valence-electron chi connectivity index (χ3n) is 3.43. The fourth-order valence-corrected chi connectivity index (χ4v) is 3.98. The van der Waals surface area contributed by atoms with Crippen LogP contribution >= 0.6 is 23.4 Å². The van der Waals surface area contributed by atoms with E-state index >= 15 is 0 Å². The summed E-state index contributed by atoms with van der Waals surface area (Å²) in [4.78, 5) is 1.36. The SMILES string of the molecule is CC(C)(C)NCc1ccc(Cl)cc1SC1CCCC1. The summed E-state index contributed by atoms with van der Waals surface area (Å²) in [6, 6.07) is 6.29. The van der Waals surface area contributed by atoms with E-state index in [0.717, 1.165) is 16.8 Å². The van der Waals surface area contributed by atoms with Crippen molar-refractivity contribution in [1.29, 1.82) is 0 Å². The van der Waals surface area contributed by atoms with E-state index in [4.69, 9.17) is 11.6 Å². The topological polar surface area (TPSA) is 12.0 Å². The fraction of sp³-hybridized carbons (Fsp3) is 0.625. The Hall–Kier alpha value is -0.180. The molecule has 1 aromatic rings. The predicted molar refractivity (Wildman–Crippen MR) is 86.2 cm³/mol. The maximum absolute atomic E-state index is 6.16. The van der Waals surface area contributed by atoms with Gasteiger partial charge in [0, 0.05) is 27.3 Å². The quantitative estimate of drug-likeness (QED) is 0.813. The highest BCUT2D eigenvalue weighted by atomic mass is 35.5. The van der Waals surface area contributed by atoms with Crippen molar-refractivity contribution in [1.82, 2.24) is 5.32 Å². The van der Waals surface area contributed by atoms with Gasteiger partial charge in [-0.25, -0.2) is 0 Å². The second-order valence-electron chi connectivity index (χ2n) is 6.38. The molecule has 0 amide bonds. The molecule has 1 aromatic carbocycles. The monoisotopic (exact) mass is 297 g/mol. The van der Waals surface area contributed by atoms with Gasteiger partial charge in [-0.3, -0.25) is 0 Å². The zero-order valence-electron chi connectivity index (χ0n) is 12.1. The fourth-order valence-electron chi connectivity index (χ4n) is 2.33. The highest BCUT2D eigenvalue weighted by Crippen LogP contribution is 2.37. The smallest absolute Gasteiger partial charge is 0.0417 e. The molecule has 1 saturated carbocycles. The summed E-state index contributed by atoms with van der Waals surface area (Å²) in [6.45, 7) is 7.52. The Morgan fingerprint density at radius 2 is 1.95 bits per heavy atom. The molecule has 0 unspecified atom stereocenters. The maximum Gasteiger partial charge on any atom is 0.0417 e. The first kappa shape index (κ1) is 15.2. The van der Waals surface area contributed by atoms with E-state index in [0.29, 0.717) is 0 Å². The summed E-state index contributed by atoms with van der Waals surface area (Å²) in [5.41, 5.74) is 1.52. The molecule has 19 heavy (non-hydrogen) atoms. The van der Waals surface area contributed by atoms with Gasteiger partial charge in [-0.15, -0.1) is 11.8 Å². The molecule has 1 aliphatic rings. The maximum atomic E-state index is 6.16. The van der Waals surface area contributed by atoms with E-state index in [-0.39, 0.29) is 5.54 Å². The Bertz CT molecular complexity index is 419. The Labute approximate surface area is 126 Å². The molecule has 1 N–H and O–H groups in total. The Kier molecular flexibility index (Phi) is 5.22. The molecule has 0 spiro atoms. The second-order valence-corrected chi connectivity index (χ2v) is 8.16. The minimum absolute atomic E-state index is 0.148. The minimum atomic E-state index is 0.148. The van der Waals surface area contributed by atoms with E-state index in [1.807, 2.05) is 17.8 Å². The number of thioether (sulfide) groups is 1. The lowest BCUT2D eigenvalue weighted by molar-refractivity contribution is 0.422. The number of rotatable bonds is 4. The van der Waals surface area contributed by atoms with E-state index in [1.54, 1.807) is 0 Å². The molecule has 0 heterocycles. The number of nitrogens with one attached hydrogen (secondary N) is 1. The molecule has 2 rings (SSSR count). The standard InChI is InChI=1S/C16H24ClNS/c1-16(2,3)18-11-12-8-9-13(17)10-15(12)19-14-6-4-5-7-14/h8-10,14,18H,4-7,11H2,1-3H3.